The summed E-state index contributed by atoms with van der Waals surface area (Å²) in [6.45, 7) is 1.40. The first-order valence-corrected chi connectivity index (χ1v) is 10.7. The Hall–Kier alpha value is -3.55. The second-order valence-electron chi connectivity index (χ2n) is 8.04. The average Bonchev–Trinajstić information content (AvgIpc) is 3.45. The minimum absolute atomic E-state index is 0.0526. The number of pyridine rings is 1. The first-order chi connectivity index (χ1) is 15.6. The molecule has 1 aromatic carbocycles. The quantitative estimate of drug-likeness (QED) is 0.486. The largest absolute Gasteiger partial charge is 0.441 e. The van der Waals surface area contributed by atoms with Crippen LogP contribution in [-0.4, -0.2) is 38.8 Å². The smallest absolute Gasteiger partial charge is 0.223 e. The van der Waals surface area contributed by atoms with Crippen LogP contribution in [-0.2, 0) is 11.2 Å². The fourth-order valence-corrected chi connectivity index (χ4v) is 4.37. The second kappa shape index (κ2) is 8.53. The molecule has 1 fully saturated rings. The zero-order valence-electron chi connectivity index (χ0n) is 17.4. The van der Waals surface area contributed by atoms with Crippen LogP contribution in [0.3, 0.4) is 0 Å². The minimum Gasteiger partial charge on any atom is -0.441 e. The predicted molar refractivity (Wildman–Crippen MR) is 115 cm³/mol. The third-order valence-corrected chi connectivity index (χ3v) is 6.07. The first kappa shape index (κ1) is 20.4. The Morgan fingerprint density at radius 1 is 1.19 bits per heavy atom. The van der Waals surface area contributed by atoms with E-state index in [1.807, 2.05) is 17.2 Å². The van der Waals surface area contributed by atoms with E-state index in [-0.39, 0.29) is 23.7 Å². The number of benzene rings is 1. The van der Waals surface area contributed by atoms with E-state index in [0.717, 1.165) is 29.9 Å². The van der Waals surface area contributed by atoms with Crippen molar-refractivity contribution in [3.05, 3.63) is 72.0 Å². The Morgan fingerprint density at radius 2 is 2.03 bits per heavy atom. The molecule has 1 aliphatic heterocycles. The van der Waals surface area contributed by atoms with Crippen molar-refractivity contribution in [3.8, 4) is 11.3 Å². The molecule has 32 heavy (non-hydrogen) atoms. The molecule has 0 radical (unpaired) electrons. The molecule has 3 aromatic heterocycles. The molecule has 5 rings (SSSR count). The molecule has 0 atom stereocenters. The maximum absolute atomic E-state index is 13.9. The number of aromatic amines is 1. The molecule has 6 nitrogen and oxygen atoms in total. The van der Waals surface area contributed by atoms with Gasteiger partial charge in [-0.05, 0) is 48.6 Å². The molecule has 8 heteroatoms. The number of hydrogen-bond acceptors (Lipinski definition) is 4. The first-order valence-electron chi connectivity index (χ1n) is 10.7. The highest BCUT2D eigenvalue weighted by molar-refractivity contribution is 5.80. The van der Waals surface area contributed by atoms with Crippen LogP contribution in [0.2, 0.25) is 0 Å². The summed E-state index contributed by atoms with van der Waals surface area (Å²) in [5.74, 6) is -0.328. The molecule has 164 valence electrons. The number of amides is 1. The molecule has 0 saturated carbocycles. The lowest BCUT2D eigenvalue weighted by Gasteiger charge is -2.32. The highest BCUT2D eigenvalue weighted by atomic mass is 19.1. The number of fused-ring (bicyclic) bond motifs is 1. The monoisotopic (exact) mass is 436 g/mol. The lowest BCUT2D eigenvalue weighted by atomic mass is 9.89. The SMILES string of the molecule is O=C(CCc1ncc(-c2ccc(F)cc2F)o1)N1CCC(c2c[nH]c3ncccc23)CC1. The van der Waals surface area contributed by atoms with Gasteiger partial charge in [-0.25, -0.2) is 18.7 Å². The number of carbonyl (C=O) groups excluding carboxylic acids is 1. The van der Waals surface area contributed by atoms with Gasteiger partial charge in [0.15, 0.2) is 11.7 Å². The summed E-state index contributed by atoms with van der Waals surface area (Å²) in [6, 6.07) is 7.30. The van der Waals surface area contributed by atoms with Crippen LogP contribution in [0.25, 0.3) is 22.4 Å². The van der Waals surface area contributed by atoms with Gasteiger partial charge in [-0.15, -0.1) is 0 Å². The van der Waals surface area contributed by atoms with Gasteiger partial charge in [-0.1, -0.05) is 0 Å². The zero-order valence-corrected chi connectivity index (χ0v) is 17.4. The number of aryl methyl sites for hydroxylation is 1. The van der Waals surface area contributed by atoms with Crippen LogP contribution < -0.4 is 0 Å². The van der Waals surface area contributed by atoms with Crippen LogP contribution in [0.5, 0.6) is 0 Å². The van der Waals surface area contributed by atoms with Crippen molar-refractivity contribution in [2.24, 2.45) is 0 Å². The van der Waals surface area contributed by atoms with Gasteiger partial charge < -0.3 is 14.3 Å². The highest BCUT2D eigenvalue weighted by Gasteiger charge is 2.25. The van der Waals surface area contributed by atoms with Crippen LogP contribution in [0.4, 0.5) is 8.78 Å². The Bertz CT molecular complexity index is 1260. The molecule has 4 aromatic rings. The van der Waals surface area contributed by atoms with E-state index in [1.165, 1.54) is 23.9 Å². The number of rotatable bonds is 5. The topological polar surface area (TPSA) is 75.0 Å². The van der Waals surface area contributed by atoms with Gasteiger partial charge in [0.1, 0.15) is 17.3 Å². The van der Waals surface area contributed by atoms with Crippen molar-refractivity contribution in [2.45, 2.75) is 31.6 Å². The number of carbonyl (C=O) groups is 1. The molecule has 1 aliphatic rings. The normalized spacial score (nSPS) is 14.9. The summed E-state index contributed by atoms with van der Waals surface area (Å²) in [5, 5.41) is 1.15. The lowest BCUT2D eigenvalue weighted by molar-refractivity contribution is -0.132. The predicted octanol–water partition coefficient (Wildman–Crippen LogP) is 4.83. The van der Waals surface area contributed by atoms with Gasteiger partial charge in [0.25, 0.3) is 0 Å². The van der Waals surface area contributed by atoms with Crippen molar-refractivity contribution >= 4 is 16.9 Å². The summed E-state index contributed by atoms with van der Waals surface area (Å²) in [7, 11) is 0. The van der Waals surface area contributed by atoms with Crippen molar-refractivity contribution in [2.75, 3.05) is 13.1 Å². The Kier molecular flexibility index (Phi) is 5.43. The third kappa shape index (κ3) is 4.00. The Labute approximate surface area is 183 Å². The number of aromatic nitrogens is 3. The lowest BCUT2D eigenvalue weighted by Crippen LogP contribution is -2.38. The van der Waals surface area contributed by atoms with Crippen molar-refractivity contribution in [1.82, 2.24) is 19.9 Å². The summed E-state index contributed by atoms with van der Waals surface area (Å²) < 4.78 is 32.6. The van der Waals surface area contributed by atoms with E-state index >= 15 is 0 Å². The van der Waals surface area contributed by atoms with E-state index in [9.17, 15) is 13.6 Å². The summed E-state index contributed by atoms with van der Waals surface area (Å²) >= 11 is 0. The molecule has 1 N–H and O–H groups in total. The molecule has 0 bridgehead atoms. The van der Waals surface area contributed by atoms with E-state index in [4.69, 9.17) is 4.42 Å². The number of oxazole rings is 1. The molecule has 4 heterocycles. The third-order valence-electron chi connectivity index (χ3n) is 6.07. The number of piperidine rings is 1. The van der Waals surface area contributed by atoms with Crippen molar-refractivity contribution in [1.29, 1.82) is 0 Å². The molecule has 1 amide bonds. The van der Waals surface area contributed by atoms with Gasteiger partial charge >= 0.3 is 0 Å². The van der Waals surface area contributed by atoms with Gasteiger partial charge in [0.05, 0.1) is 11.8 Å². The summed E-state index contributed by atoms with van der Waals surface area (Å²) in [5.41, 5.74) is 2.30. The Morgan fingerprint density at radius 3 is 2.84 bits per heavy atom. The zero-order chi connectivity index (χ0) is 22.1. The van der Waals surface area contributed by atoms with Gasteiger partial charge in [-0.2, -0.15) is 0 Å². The number of nitrogens with one attached hydrogen (secondary N) is 1. The molecular weight excluding hydrogens is 414 g/mol. The van der Waals surface area contributed by atoms with Crippen LogP contribution >= 0.6 is 0 Å². The second-order valence-corrected chi connectivity index (χ2v) is 8.04. The average molecular weight is 436 g/mol. The van der Waals surface area contributed by atoms with Gasteiger partial charge in [0.2, 0.25) is 5.91 Å². The maximum Gasteiger partial charge on any atom is 0.223 e. The van der Waals surface area contributed by atoms with Gasteiger partial charge in [0, 0.05) is 49.8 Å². The van der Waals surface area contributed by atoms with Crippen LogP contribution in [0.15, 0.2) is 53.3 Å². The maximum atomic E-state index is 13.9. The standard InChI is InChI=1S/C24H22F2N4O2/c25-16-3-4-18(20(26)12-16)21-14-28-22(32-21)5-6-23(31)30-10-7-15(8-11-30)19-13-29-24-17(19)2-1-9-27-24/h1-4,9,12-15H,5-8,10-11H2,(H,27,29). The van der Waals surface area contributed by atoms with E-state index in [0.29, 0.717) is 31.3 Å². The summed E-state index contributed by atoms with van der Waals surface area (Å²) in [6.07, 6.45) is 7.61. The number of halogens is 2. The van der Waals surface area contributed by atoms with E-state index < -0.39 is 11.6 Å². The number of likely N-dealkylation sites (tertiary alicyclic amines) is 1. The Balaban J connectivity index is 1.16. The molecule has 1 saturated heterocycles. The highest BCUT2D eigenvalue weighted by Crippen LogP contribution is 2.33. The fourth-order valence-electron chi connectivity index (χ4n) is 4.37. The number of hydrogen-bond donors (Lipinski definition) is 1. The van der Waals surface area contributed by atoms with Crippen LogP contribution in [0, 0.1) is 11.6 Å². The van der Waals surface area contributed by atoms with Crippen LogP contribution in [0.1, 0.15) is 36.6 Å². The molecular formula is C24H22F2N4O2. The summed E-state index contributed by atoms with van der Waals surface area (Å²) in [4.78, 5) is 26.3. The van der Waals surface area contributed by atoms with Crippen molar-refractivity contribution in [3.63, 3.8) is 0 Å². The van der Waals surface area contributed by atoms with Crippen molar-refractivity contribution < 1.29 is 18.0 Å². The van der Waals surface area contributed by atoms with E-state index in [2.05, 4.69) is 21.0 Å². The molecule has 0 spiro atoms. The molecule has 0 aliphatic carbocycles. The van der Waals surface area contributed by atoms with Gasteiger partial charge in [-0.3, -0.25) is 4.79 Å². The minimum atomic E-state index is -0.711. The number of nitrogens with zero attached hydrogens (tertiary/aromatic N) is 3. The molecule has 0 unspecified atom stereocenters. The number of H-pyrrole nitrogens is 1. The fraction of sp³-hybridized carbons (Fsp3) is 0.292. The van der Waals surface area contributed by atoms with E-state index in [1.54, 1.807) is 6.20 Å².